The Morgan fingerprint density at radius 3 is 2.65 bits per heavy atom. The zero-order valence-electron chi connectivity index (χ0n) is 10.7. The lowest BCUT2D eigenvalue weighted by molar-refractivity contribution is 0.316. The average molecular weight is 260 g/mol. The molecule has 0 aliphatic heterocycles. The van der Waals surface area contributed by atoms with Crippen LogP contribution in [-0.2, 0) is 6.54 Å². The van der Waals surface area contributed by atoms with Gasteiger partial charge in [-0.25, -0.2) is 0 Å². The van der Waals surface area contributed by atoms with Crippen molar-refractivity contribution in [2.45, 2.75) is 27.3 Å². The van der Waals surface area contributed by atoms with Crippen molar-refractivity contribution in [3.8, 4) is 11.5 Å². The molecule has 4 heteroatoms. The molecule has 1 rings (SSSR count). The Balaban J connectivity index is 0.00000256. The van der Waals surface area contributed by atoms with Gasteiger partial charge in [0.25, 0.3) is 0 Å². The molecule has 0 saturated carbocycles. The average Bonchev–Trinajstić information content (AvgIpc) is 2.23. The Morgan fingerprint density at radius 2 is 2.06 bits per heavy atom. The molecule has 17 heavy (non-hydrogen) atoms. The Labute approximate surface area is 110 Å². The van der Waals surface area contributed by atoms with Gasteiger partial charge in [0.05, 0.1) is 6.61 Å². The van der Waals surface area contributed by atoms with Crippen LogP contribution in [0.5, 0.6) is 11.5 Å². The van der Waals surface area contributed by atoms with Crippen LogP contribution in [0.3, 0.4) is 0 Å². The molecule has 0 amide bonds. The van der Waals surface area contributed by atoms with E-state index in [2.05, 4.69) is 19.2 Å². The molecule has 0 heterocycles. The number of halogens is 1. The lowest BCUT2D eigenvalue weighted by Gasteiger charge is -2.11. The summed E-state index contributed by atoms with van der Waals surface area (Å²) in [5, 5.41) is 13.2. The number of rotatable bonds is 6. The first-order chi connectivity index (χ1) is 7.65. The van der Waals surface area contributed by atoms with Crippen LogP contribution in [0, 0.1) is 5.92 Å². The van der Waals surface area contributed by atoms with Crippen molar-refractivity contribution in [1.29, 1.82) is 0 Å². The minimum absolute atomic E-state index is 0. The molecule has 3 nitrogen and oxygen atoms in total. The molecule has 0 spiro atoms. The predicted molar refractivity (Wildman–Crippen MR) is 73.1 cm³/mol. The standard InChI is InChI=1S/C13H21NO2.ClH/c1-4-16-12-7-5-6-11(13(12)15)9-14-8-10(2)3;/h5-7,10,14-15H,4,8-9H2,1-3H3;1H. The largest absolute Gasteiger partial charge is 0.504 e. The smallest absolute Gasteiger partial charge is 0.162 e. The van der Waals surface area contributed by atoms with E-state index in [-0.39, 0.29) is 18.2 Å². The van der Waals surface area contributed by atoms with Gasteiger partial charge in [0, 0.05) is 12.1 Å². The monoisotopic (exact) mass is 259 g/mol. The highest BCUT2D eigenvalue weighted by molar-refractivity contribution is 5.85. The maximum atomic E-state index is 9.92. The molecule has 1 aromatic carbocycles. The SMILES string of the molecule is CCOc1cccc(CNCC(C)C)c1O.Cl. The third-order valence-corrected chi connectivity index (χ3v) is 2.25. The highest BCUT2D eigenvalue weighted by Crippen LogP contribution is 2.29. The van der Waals surface area contributed by atoms with Crippen molar-refractivity contribution < 1.29 is 9.84 Å². The van der Waals surface area contributed by atoms with Crippen molar-refractivity contribution in [2.75, 3.05) is 13.2 Å². The van der Waals surface area contributed by atoms with Crippen LogP contribution in [0.25, 0.3) is 0 Å². The highest BCUT2D eigenvalue weighted by Gasteiger charge is 2.07. The number of ether oxygens (including phenoxy) is 1. The van der Waals surface area contributed by atoms with Crippen LogP contribution in [0.4, 0.5) is 0 Å². The second kappa shape index (κ2) is 8.20. The van der Waals surface area contributed by atoms with Crippen molar-refractivity contribution >= 4 is 12.4 Å². The summed E-state index contributed by atoms with van der Waals surface area (Å²) in [6.07, 6.45) is 0. The summed E-state index contributed by atoms with van der Waals surface area (Å²) >= 11 is 0. The van der Waals surface area contributed by atoms with Gasteiger partial charge in [0.2, 0.25) is 0 Å². The summed E-state index contributed by atoms with van der Waals surface area (Å²) < 4.78 is 5.33. The van der Waals surface area contributed by atoms with E-state index in [1.54, 1.807) is 6.07 Å². The molecule has 1 aromatic rings. The summed E-state index contributed by atoms with van der Waals surface area (Å²) in [5.74, 6) is 1.42. The summed E-state index contributed by atoms with van der Waals surface area (Å²) in [6.45, 7) is 8.40. The summed E-state index contributed by atoms with van der Waals surface area (Å²) in [7, 11) is 0. The van der Waals surface area contributed by atoms with Crippen molar-refractivity contribution in [1.82, 2.24) is 5.32 Å². The number of aromatic hydroxyl groups is 1. The lowest BCUT2D eigenvalue weighted by atomic mass is 10.1. The fraction of sp³-hybridized carbons (Fsp3) is 0.538. The van der Waals surface area contributed by atoms with Gasteiger partial charge < -0.3 is 15.2 Å². The normalized spacial score (nSPS) is 10.1. The maximum Gasteiger partial charge on any atom is 0.162 e. The molecule has 0 aromatic heterocycles. The number of phenolic OH excluding ortho intramolecular Hbond substituents is 1. The van der Waals surface area contributed by atoms with E-state index in [1.807, 2.05) is 19.1 Å². The number of nitrogens with one attached hydrogen (secondary N) is 1. The van der Waals surface area contributed by atoms with Crippen molar-refractivity contribution in [3.05, 3.63) is 23.8 Å². The fourth-order valence-corrected chi connectivity index (χ4v) is 1.48. The van der Waals surface area contributed by atoms with Gasteiger partial charge in [-0.05, 0) is 25.5 Å². The van der Waals surface area contributed by atoms with Gasteiger partial charge in [0.1, 0.15) is 0 Å². The molecular formula is C13H22ClNO2. The van der Waals surface area contributed by atoms with Crippen LogP contribution in [0.2, 0.25) is 0 Å². The van der Waals surface area contributed by atoms with E-state index in [9.17, 15) is 5.11 Å². The molecule has 0 unspecified atom stereocenters. The van der Waals surface area contributed by atoms with Gasteiger partial charge in [-0.2, -0.15) is 0 Å². The highest BCUT2D eigenvalue weighted by atomic mass is 35.5. The topological polar surface area (TPSA) is 41.5 Å². The Kier molecular flexibility index (Phi) is 7.75. The summed E-state index contributed by atoms with van der Waals surface area (Å²) in [6, 6.07) is 5.59. The van der Waals surface area contributed by atoms with E-state index in [0.717, 1.165) is 12.1 Å². The first-order valence-electron chi connectivity index (χ1n) is 5.79. The zero-order chi connectivity index (χ0) is 12.0. The van der Waals surface area contributed by atoms with E-state index >= 15 is 0 Å². The first kappa shape index (κ1) is 16.1. The van der Waals surface area contributed by atoms with Gasteiger partial charge in [-0.15, -0.1) is 12.4 Å². The molecule has 0 radical (unpaired) electrons. The molecular weight excluding hydrogens is 238 g/mol. The third kappa shape index (κ3) is 5.29. The van der Waals surface area contributed by atoms with Gasteiger partial charge in [0.15, 0.2) is 11.5 Å². The van der Waals surface area contributed by atoms with Gasteiger partial charge in [-0.3, -0.25) is 0 Å². The molecule has 98 valence electrons. The number of benzene rings is 1. The van der Waals surface area contributed by atoms with E-state index in [1.165, 1.54) is 0 Å². The molecule has 0 saturated heterocycles. The van der Waals surface area contributed by atoms with Crippen LogP contribution in [-0.4, -0.2) is 18.3 Å². The van der Waals surface area contributed by atoms with E-state index in [4.69, 9.17) is 4.74 Å². The number of hydrogen-bond acceptors (Lipinski definition) is 3. The van der Waals surface area contributed by atoms with Crippen LogP contribution in [0.1, 0.15) is 26.3 Å². The molecule has 0 aliphatic carbocycles. The van der Waals surface area contributed by atoms with E-state index < -0.39 is 0 Å². The predicted octanol–water partition coefficient (Wildman–Crippen LogP) is 2.96. The fourth-order valence-electron chi connectivity index (χ4n) is 1.48. The summed E-state index contributed by atoms with van der Waals surface area (Å²) in [4.78, 5) is 0. The minimum atomic E-state index is 0. The van der Waals surface area contributed by atoms with Gasteiger partial charge >= 0.3 is 0 Å². The van der Waals surface area contributed by atoms with Crippen LogP contribution < -0.4 is 10.1 Å². The molecule has 0 bridgehead atoms. The zero-order valence-corrected chi connectivity index (χ0v) is 11.5. The molecule has 2 N–H and O–H groups in total. The number of hydrogen-bond donors (Lipinski definition) is 2. The van der Waals surface area contributed by atoms with Crippen molar-refractivity contribution in [2.24, 2.45) is 5.92 Å². The van der Waals surface area contributed by atoms with Gasteiger partial charge in [-0.1, -0.05) is 26.0 Å². The second-order valence-electron chi connectivity index (χ2n) is 4.22. The number of para-hydroxylation sites is 1. The Bertz CT molecular complexity index is 329. The van der Waals surface area contributed by atoms with Crippen LogP contribution >= 0.6 is 12.4 Å². The lowest BCUT2D eigenvalue weighted by Crippen LogP contribution is -2.19. The number of phenols is 1. The van der Waals surface area contributed by atoms with Crippen LogP contribution in [0.15, 0.2) is 18.2 Å². The second-order valence-corrected chi connectivity index (χ2v) is 4.22. The molecule has 0 aliphatic rings. The Hall–Kier alpha value is -0.930. The first-order valence-corrected chi connectivity index (χ1v) is 5.79. The third-order valence-electron chi connectivity index (χ3n) is 2.25. The van der Waals surface area contributed by atoms with E-state index in [0.29, 0.717) is 24.8 Å². The molecule has 0 atom stereocenters. The quantitative estimate of drug-likeness (QED) is 0.825. The summed E-state index contributed by atoms with van der Waals surface area (Å²) in [5.41, 5.74) is 0.881. The Morgan fingerprint density at radius 1 is 1.35 bits per heavy atom. The molecule has 0 fully saturated rings. The minimum Gasteiger partial charge on any atom is -0.504 e. The van der Waals surface area contributed by atoms with Crippen molar-refractivity contribution in [3.63, 3.8) is 0 Å². The maximum absolute atomic E-state index is 9.92.